The number of ketones is 1. The molecule has 2 aromatic carbocycles. The molecular weight excluding hydrogens is 290 g/mol. The quantitative estimate of drug-likeness (QED) is 0.282. The van der Waals surface area contributed by atoms with Gasteiger partial charge in [0, 0.05) is 11.6 Å². The second-order valence-electron chi connectivity index (χ2n) is 4.51. The van der Waals surface area contributed by atoms with Gasteiger partial charge in [-0.3, -0.25) is 14.9 Å². The van der Waals surface area contributed by atoms with Crippen molar-refractivity contribution in [1.29, 1.82) is 0 Å². The molecule has 0 unspecified atom stereocenters. The number of nitro benzene ring substituents is 1. The Kier molecular flexibility index (Phi) is 3.03. The Balaban J connectivity index is 2.30. The third-order valence-corrected chi connectivity index (χ3v) is 3.25. The van der Waals surface area contributed by atoms with Crippen LogP contribution in [-0.2, 0) is 4.74 Å². The number of carbonyl (C=O) groups excluding carboxylic acids is 3. The van der Waals surface area contributed by atoms with E-state index >= 15 is 0 Å². The van der Waals surface area contributed by atoms with Crippen LogP contribution >= 0.6 is 0 Å². The van der Waals surface area contributed by atoms with Gasteiger partial charge in [-0.1, -0.05) is 30.3 Å². The SMILES string of the molecule is O=C1OC(=O)c2c1ccc([N+](=O)[O-])c2C(=O)c1ccccc1. The molecular formula is C15H7NO6. The molecule has 1 aliphatic heterocycles. The molecule has 108 valence electrons. The normalized spacial score (nSPS) is 12.7. The van der Waals surface area contributed by atoms with Crippen LogP contribution in [-0.4, -0.2) is 22.6 Å². The number of benzene rings is 2. The third kappa shape index (κ3) is 1.96. The maximum atomic E-state index is 12.6. The third-order valence-electron chi connectivity index (χ3n) is 3.25. The number of rotatable bonds is 3. The molecule has 0 aromatic heterocycles. The number of esters is 2. The van der Waals surface area contributed by atoms with E-state index < -0.39 is 33.9 Å². The highest BCUT2D eigenvalue weighted by Crippen LogP contribution is 2.32. The van der Waals surface area contributed by atoms with Crippen molar-refractivity contribution in [1.82, 2.24) is 0 Å². The van der Waals surface area contributed by atoms with Crippen LogP contribution in [0.2, 0.25) is 0 Å². The smallest absolute Gasteiger partial charge is 0.347 e. The van der Waals surface area contributed by atoms with E-state index in [1.54, 1.807) is 18.2 Å². The van der Waals surface area contributed by atoms with Crippen molar-refractivity contribution in [2.24, 2.45) is 0 Å². The van der Waals surface area contributed by atoms with Crippen LogP contribution in [0.3, 0.4) is 0 Å². The Morgan fingerprint density at radius 3 is 2.32 bits per heavy atom. The summed E-state index contributed by atoms with van der Waals surface area (Å²) in [5, 5.41) is 11.2. The van der Waals surface area contributed by atoms with E-state index in [-0.39, 0.29) is 16.7 Å². The summed E-state index contributed by atoms with van der Waals surface area (Å²) >= 11 is 0. The Morgan fingerprint density at radius 1 is 1.00 bits per heavy atom. The van der Waals surface area contributed by atoms with E-state index in [0.29, 0.717) is 0 Å². The van der Waals surface area contributed by atoms with Crippen LogP contribution in [0.15, 0.2) is 42.5 Å². The molecule has 0 atom stereocenters. The Hall–Kier alpha value is -3.35. The van der Waals surface area contributed by atoms with Gasteiger partial charge in [-0.25, -0.2) is 9.59 Å². The van der Waals surface area contributed by atoms with E-state index in [0.717, 1.165) is 12.1 Å². The monoisotopic (exact) mass is 297 g/mol. The Labute approximate surface area is 123 Å². The molecule has 0 fully saturated rings. The number of carbonyl (C=O) groups is 3. The molecule has 3 rings (SSSR count). The second-order valence-corrected chi connectivity index (χ2v) is 4.51. The zero-order valence-electron chi connectivity index (χ0n) is 10.9. The number of hydrogen-bond acceptors (Lipinski definition) is 6. The van der Waals surface area contributed by atoms with E-state index in [1.807, 2.05) is 0 Å². The minimum absolute atomic E-state index is 0.144. The number of nitro groups is 1. The van der Waals surface area contributed by atoms with Gasteiger partial charge in [-0.15, -0.1) is 0 Å². The fraction of sp³-hybridized carbons (Fsp3) is 0. The lowest BCUT2D eigenvalue weighted by Gasteiger charge is -2.05. The van der Waals surface area contributed by atoms with Crippen LogP contribution in [0, 0.1) is 10.1 Å². The summed E-state index contributed by atoms with van der Waals surface area (Å²) in [6.45, 7) is 0. The molecule has 2 aromatic rings. The van der Waals surface area contributed by atoms with Gasteiger partial charge in [0.05, 0.1) is 16.1 Å². The largest absolute Gasteiger partial charge is 0.386 e. The summed E-state index contributed by atoms with van der Waals surface area (Å²) in [5.74, 6) is -2.68. The summed E-state index contributed by atoms with van der Waals surface area (Å²) in [5.41, 5.74) is -1.29. The minimum atomic E-state index is -1.05. The number of ether oxygens (including phenoxy) is 1. The first-order chi connectivity index (χ1) is 10.5. The number of hydrogen-bond donors (Lipinski definition) is 0. The maximum Gasteiger partial charge on any atom is 0.347 e. The second kappa shape index (κ2) is 4.88. The maximum absolute atomic E-state index is 12.6. The first-order valence-corrected chi connectivity index (χ1v) is 6.18. The van der Waals surface area contributed by atoms with Gasteiger partial charge in [0.1, 0.15) is 5.56 Å². The summed E-state index contributed by atoms with van der Waals surface area (Å²) in [6.07, 6.45) is 0. The molecule has 0 N–H and O–H groups in total. The highest BCUT2D eigenvalue weighted by molar-refractivity contribution is 6.24. The molecule has 1 heterocycles. The van der Waals surface area contributed by atoms with Crippen LogP contribution < -0.4 is 0 Å². The Bertz CT molecular complexity index is 841. The Morgan fingerprint density at radius 2 is 1.68 bits per heavy atom. The van der Waals surface area contributed by atoms with Gasteiger partial charge < -0.3 is 4.74 Å². The van der Waals surface area contributed by atoms with Crippen LogP contribution in [0.25, 0.3) is 0 Å². The van der Waals surface area contributed by atoms with Crippen LogP contribution in [0.4, 0.5) is 5.69 Å². The molecule has 0 aliphatic carbocycles. The lowest BCUT2D eigenvalue weighted by atomic mass is 9.94. The van der Waals surface area contributed by atoms with Crippen molar-refractivity contribution in [3.05, 3.63) is 74.8 Å². The van der Waals surface area contributed by atoms with Crippen LogP contribution in [0.1, 0.15) is 36.6 Å². The molecule has 0 bridgehead atoms. The predicted octanol–water partition coefficient (Wildman–Crippen LogP) is 2.14. The predicted molar refractivity (Wildman–Crippen MR) is 72.7 cm³/mol. The van der Waals surface area contributed by atoms with Gasteiger partial charge in [0.15, 0.2) is 0 Å². The molecule has 0 amide bonds. The van der Waals surface area contributed by atoms with Crippen molar-refractivity contribution in [3.8, 4) is 0 Å². The van der Waals surface area contributed by atoms with Crippen molar-refractivity contribution in [2.45, 2.75) is 0 Å². The van der Waals surface area contributed by atoms with Crippen molar-refractivity contribution >= 4 is 23.4 Å². The molecule has 0 spiro atoms. The van der Waals surface area contributed by atoms with E-state index in [4.69, 9.17) is 0 Å². The average molecular weight is 297 g/mol. The highest BCUT2D eigenvalue weighted by atomic mass is 16.6. The minimum Gasteiger partial charge on any atom is -0.386 e. The summed E-state index contributed by atoms with van der Waals surface area (Å²) in [7, 11) is 0. The first kappa shape index (κ1) is 13.6. The van der Waals surface area contributed by atoms with Crippen molar-refractivity contribution < 1.29 is 24.0 Å². The number of nitrogens with zero attached hydrogens (tertiary/aromatic N) is 1. The number of cyclic esters (lactones) is 2. The lowest BCUT2D eigenvalue weighted by molar-refractivity contribution is -0.385. The molecule has 0 radical (unpaired) electrons. The van der Waals surface area contributed by atoms with Gasteiger partial charge in [-0.2, -0.15) is 0 Å². The molecule has 7 heteroatoms. The standard InChI is InChI=1S/C15H7NO6/c17-13(8-4-2-1-3-5-8)12-10(16(20)21)7-6-9-11(12)15(19)22-14(9)18/h1-7H. The van der Waals surface area contributed by atoms with Gasteiger partial charge >= 0.3 is 11.9 Å². The average Bonchev–Trinajstić information content (AvgIpc) is 2.81. The molecule has 0 saturated carbocycles. The molecule has 0 saturated heterocycles. The fourth-order valence-corrected chi connectivity index (χ4v) is 2.28. The van der Waals surface area contributed by atoms with Crippen molar-refractivity contribution in [2.75, 3.05) is 0 Å². The van der Waals surface area contributed by atoms with E-state index in [1.165, 1.54) is 12.1 Å². The molecule has 7 nitrogen and oxygen atoms in total. The first-order valence-electron chi connectivity index (χ1n) is 6.18. The summed E-state index contributed by atoms with van der Waals surface area (Å²) in [4.78, 5) is 46.3. The topological polar surface area (TPSA) is 104 Å². The van der Waals surface area contributed by atoms with Crippen molar-refractivity contribution in [3.63, 3.8) is 0 Å². The van der Waals surface area contributed by atoms with E-state index in [9.17, 15) is 24.5 Å². The highest BCUT2D eigenvalue weighted by Gasteiger charge is 2.39. The van der Waals surface area contributed by atoms with Gasteiger partial charge in [0.25, 0.3) is 5.69 Å². The zero-order chi connectivity index (χ0) is 15.9. The summed E-state index contributed by atoms with van der Waals surface area (Å²) < 4.78 is 4.44. The molecule has 22 heavy (non-hydrogen) atoms. The zero-order valence-corrected chi connectivity index (χ0v) is 10.9. The lowest BCUT2D eigenvalue weighted by Crippen LogP contribution is -2.12. The van der Waals surface area contributed by atoms with Crippen LogP contribution in [0.5, 0.6) is 0 Å². The summed E-state index contributed by atoms with van der Waals surface area (Å²) in [6, 6.07) is 9.92. The number of fused-ring (bicyclic) bond motifs is 1. The van der Waals surface area contributed by atoms with E-state index in [2.05, 4.69) is 4.74 Å². The fourth-order valence-electron chi connectivity index (χ4n) is 2.28. The van der Waals surface area contributed by atoms with Gasteiger partial charge in [-0.05, 0) is 6.07 Å². The van der Waals surface area contributed by atoms with Gasteiger partial charge in [0.2, 0.25) is 5.78 Å². The molecule has 1 aliphatic rings.